The smallest absolute Gasteiger partial charge is 0.0297 e. The van der Waals surface area contributed by atoms with Crippen molar-refractivity contribution in [3.05, 3.63) is 0 Å². The molecule has 0 heteroatoms. The Hall–Kier alpha value is 0. The van der Waals surface area contributed by atoms with Crippen molar-refractivity contribution in [1.29, 1.82) is 0 Å². The molecular formula is C23H46. The molecule has 1 saturated carbocycles. The van der Waals surface area contributed by atoms with Gasteiger partial charge in [0.2, 0.25) is 0 Å². The van der Waals surface area contributed by atoms with Crippen molar-refractivity contribution in [2.75, 3.05) is 0 Å². The van der Waals surface area contributed by atoms with E-state index in [4.69, 9.17) is 0 Å². The van der Waals surface area contributed by atoms with Crippen molar-refractivity contribution in [3.8, 4) is 0 Å². The Morgan fingerprint density at radius 3 is 1.96 bits per heavy atom. The minimum atomic E-state index is 0.569. The topological polar surface area (TPSA) is 0 Å². The van der Waals surface area contributed by atoms with Crippen molar-refractivity contribution in [3.63, 3.8) is 0 Å². The van der Waals surface area contributed by atoms with Gasteiger partial charge in [0, 0.05) is 0 Å². The van der Waals surface area contributed by atoms with Gasteiger partial charge >= 0.3 is 0 Å². The summed E-state index contributed by atoms with van der Waals surface area (Å²) in [6.07, 6.45) is 18.7. The van der Waals surface area contributed by atoms with E-state index in [9.17, 15) is 0 Å². The molecule has 23 heavy (non-hydrogen) atoms. The van der Waals surface area contributed by atoms with Gasteiger partial charge in [0.05, 0.1) is 0 Å². The number of unbranched alkanes of at least 4 members (excludes halogenated alkanes) is 1. The maximum atomic E-state index is 2.64. The Kier molecular flexibility index (Phi) is 9.24. The van der Waals surface area contributed by atoms with Gasteiger partial charge in [0.15, 0.2) is 0 Å². The van der Waals surface area contributed by atoms with E-state index in [-0.39, 0.29) is 0 Å². The van der Waals surface area contributed by atoms with E-state index in [0.29, 0.717) is 10.8 Å². The van der Waals surface area contributed by atoms with Crippen molar-refractivity contribution in [2.24, 2.45) is 22.7 Å². The normalized spacial score (nSPS) is 23.2. The predicted octanol–water partition coefficient (Wildman–Crippen LogP) is 8.40. The van der Waals surface area contributed by atoms with Gasteiger partial charge < -0.3 is 0 Å². The molecule has 0 nitrogen and oxygen atoms in total. The van der Waals surface area contributed by atoms with E-state index in [1.807, 2.05) is 0 Å². The Bertz CT molecular complexity index is 301. The van der Waals surface area contributed by atoms with Crippen molar-refractivity contribution in [2.45, 2.75) is 125 Å². The Labute approximate surface area is 148 Å². The summed E-state index contributed by atoms with van der Waals surface area (Å²) >= 11 is 0. The van der Waals surface area contributed by atoms with Crippen LogP contribution in [0.2, 0.25) is 0 Å². The molecule has 0 aromatic heterocycles. The average Bonchev–Trinajstić information content (AvgIpc) is 2.58. The van der Waals surface area contributed by atoms with E-state index in [1.165, 1.54) is 83.5 Å². The summed E-state index contributed by atoms with van der Waals surface area (Å²) in [4.78, 5) is 0. The van der Waals surface area contributed by atoms with Gasteiger partial charge in [-0.3, -0.25) is 0 Å². The zero-order valence-electron chi connectivity index (χ0n) is 17.3. The van der Waals surface area contributed by atoms with Gasteiger partial charge in [-0.05, 0) is 41.9 Å². The van der Waals surface area contributed by atoms with Crippen LogP contribution in [0.3, 0.4) is 0 Å². The van der Waals surface area contributed by atoms with Gasteiger partial charge in [-0.25, -0.2) is 0 Å². The molecule has 0 amide bonds. The first-order chi connectivity index (χ1) is 10.9. The van der Waals surface area contributed by atoms with Crippen LogP contribution in [0.5, 0.6) is 0 Å². The van der Waals surface area contributed by atoms with E-state index in [1.54, 1.807) is 0 Å². The summed E-state index contributed by atoms with van der Waals surface area (Å²) in [6.45, 7) is 14.9. The summed E-state index contributed by atoms with van der Waals surface area (Å²) in [5.74, 6) is 1.96. The van der Waals surface area contributed by atoms with Crippen LogP contribution in [-0.2, 0) is 0 Å². The Balaban J connectivity index is 2.98. The van der Waals surface area contributed by atoms with Gasteiger partial charge in [-0.15, -0.1) is 0 Å². The van der Waals surface area contributed by atoms with Crippen molar-refractivity contribution < 1.29 is 0 Å². The van der Waals surface area contributed by atoms with Crippen LogP contribution in [0.25, 0.3) is 0 Å². The molecular weight excluding hydrogens is 276 g/mol. The first-order valence-electron chi connectivity index (χ1n) is 10.9. The van der Waals surface area contributed by atoms with E-state index < -0.39 is 0 Å². The zero-order valence-corrected chi connectivity index (χ0v) is 17.3. The quantitative estimate of drug-likeness (QED) is 0.358. The second-order valence-electron chi connectivity index (χ2n) is 9.23. The lowest BCUT2D eigenvalue weighted by Gasteiger charge is -2.47. The number of hydrogen-bond donors (Lipinski definition) is 0. The lowest BCUT2D eigenvalue weighted by Crippen LogP contribution is -2.37. The Morgan fingerprint density at radius 1 is 0.826 bits per heavy atom. The molecule has 3 unspecified atom stereocenters. The zero-order chi connectivity index (χ0) is 17.3. The fourth-order valence-corrected chi connectivity index (χ4v) is 5.28. The molecule has 0 aliphatic heterocycles. The molecule has 3 atom stereocenters. The number of rotatable bonds is 11. The summed E-state index contributed by atoms with van der Waals surface area (Å²) in [7, 11) is 0. The molecule has 0 heterocycles. The fourth-order valence-electron chi connectivity index (χ4n) is 5.28. The SMILES string of the molecule is CCCCC(C)(CC)C(CC(C)(CC)CCC)C1CCCCC1. The van der Waals surface area contributed by atoms with Crippen LogP contribution in [0.4, 0.5) is 0 Å². The third kappa shape index (κ3) is 6.09. The minimum Gasteiger partial charge on any atom is -0.0654 e. The molecule has 0 aromatic rings. The molecule has 1 fully saturated rings. The number of hydrogen-bond acceptors (Lipinski definition) is 0. The van der Waals surface area contributed by atoms with Crippen molar-refractivity contribution >= 4 is 0 Å². The van der Waals surface area contributed by atoms with Crippen LogP contribution >= 0.6 is 0 Å². The molecule has 138 valence electrons. The minimum absolute atomic E-state index is 0.569. The van der Waals surface area contributed by atoms with E-state index in [0.717, 1.165) is 11.8 Å². The maximum Gasteiger partial charge on any atom is -0.0297 e. The molecule has 0 radical (unpaired) electrons. The summed E-state index contributed by atoms with van der Waals surface area (Å²) in [6, 6.07) is 0. The molecule has 0 spiro atoms. The lowest BCUT2D eigenvalue weighted by atomic mass is 9.58. The van der Waals surface area contributed by atoms with Crippen LogP contribution in [0.15, 0.2) is 0 Å². The van der Waals surface area contributed by atoms with Gasteiger partial charge in [0.1, 0.15) is 0 Å². The average molecular weight is 323 g/mol. The van der Waals surface area contributed by atoms with Crippen molar-refractivity contribution in [1.82, 2.24) is 0 Å². The van der Waals surface area contributed by atoms with Gasteiger partial charge in [0.25, 0.3) is 0 Å². The molecule has 0 aromatic carbocycles. The third-order valence-corrected chi connectivity index (χ3v) is 7.44. The van der Waals surface area contributed by atoms with E-state index >= 15 is 0 Å². The molecule has 1 rings (SSSR count). The predicted molar refractivity (Wildman–Crippen MR) is 106 cm³/mol. The van der Waals surface area contributed by atoms with Crippen LogP contribution in [0, 0.1) is 22.7 Å². The first kappa shape index (κ1) is 21.0. The lowest BCUT2D eigenvalue weighted by molar-refractivity contribution is 0.0291. The fraction of sp³-hybridized carbons (Fsp3) is 1.00. The Morgan fingerprint density at radius 2 is 1.48 bits per heavy atom. The highest BCUT2D eigenvalue weighted by molar-refractivity contribution is 4.91. The van der Waals surface area contributed by atoms with Crippen LogP contribution in [0.1, 0.15) is 125 Å². The molecule has 0 bridgehead atoms. The molecule has 0 saturated heterocycles. The van der Waals surface area contributed by atoms with Crippen LogP contribution < -0.4 is 0 Å². The highest BCUT2D eigenvalue weighted by atomic mass is 14.5. The van der Waals surface area contributed by atoms with Crippen LogP contribution in [-0.4, -0.2) is 0 Å². The third-order valence-electron chi connectivity index (χ3n) is 7.44. The van der Waals surface area contributed by atoms with Gasteiger partial charge in [-0.2, -0.15) is 0 Å². The standard InChI is InChI=1S/C23H46/c1-7-11-18-23(6,10-4)21(20-15-13-12-14-16-20)19-22(5,9-3)17-8-2/h20-21H,7-19H2,1-6H3. The maximum absolute atomic E-state index is 2.64. The summed E-state index contributed by atoms with van der Waals surface area (Å²) in [5.41, 5.74) is 1.14. The summed E-state index contributed by atoms with van der Waals surface area (Å²) < 4.78 is 0. The van der Waals surface area contributed by atoms with Gasteiger partial charge in [-0.1, -0.05) is 106 Å². The van der Waals surface area contributed by atoms with E-state index in [2.05, 4.69) is 41.5 Å². The molecule has 1 aliphatic carbocycles. The second kappa shape index (κ2) is 10.1. The highest BCUT2D eigenvalue weighted by Gasteiger charge is 2.41. The second-order valence-corrected chi connectivity index (χ2v) is 9.23. The largest absolute Gasteiger partial charge is 0.0654 e. The first-order valence-corrected chi connectivity index (χ1v) is 10.9. The highest BCUT2D eigenvalue weighted by Crippen LogP contribution is 2.51. The molecule has 1 aliphatic rings. The monoisotopic (exact) mass is 322 g/mol. The summed E-state index contributed by atoms with van der Waals surface area (Å²) in [5, 5.41) is 0. The molecule has 0 N–H and O–H groups in total.